The summed E-state index contributed by atoms with van der Waals surface area (Å²) < 4.78 is 11.3. The quantitative estimate of drug-likeness (QED) is 0.321. The second-order valence-corrected chi connectivity index (χ2v) is 7.75. The van der Waals surface area contributed by atoms with Crippen molar-refractivity contribution < 1.29 is 14.3 Å². The maximum absolute atomic E-state index is 12.6. The van der Waals surface area contributed by atoms with Crippen LogP contribution in [-0.4, -0.2) is 13.0 Å². The number of nitrogens with zero attached hydrogens (tertiary/aromatic N) is 1. The number of carbonyl (C=O) groups excluding carboxylic acids is 1. The normalized spacial score (nSPS) is 10.9. The molecular weight excluding hydrogens is 447 g/mol. The van der Waals surface area contributed by atoms with E-state index in [-0.39, 0.29) is 5.57 Å². The number of rotatable bonds is 7. The lowest BCUT2D eigenvalue weighted by Crippen LogP contribution is -2.13. The van der Waals surface area contributed by atoms with Gasteiger partial charge in [-0.2, -0.15) is 5.26 Å². The predicted molar refractivity (Wildman–Crippen MR) is 127 cm³/mol. The van der Waals surface area contributed by atoms with E-state index in [1.165, 1.54) is 12.1 Å². The number of methoxy groups -OCH3 is 1. The first-order valence-corrected chi connectivity index (χ1v) is 10.4. The SMILES string of the molecule is COc1ccc(/C=C(\C#N)C(=O)Nc2ccc(Cl)c(Cl)c2)c(OCc2ccc(C)cc2)c1. The molecular formula is C25H20Cl2N2O3. The number of nitrogens with one attached hydrogen (secondary N) is 1. The highest BCUT2D eigenvalue weighted by molar-refractivity contribution is 6.42. The minimum absolute atomic E-state index is 0.0959. The Kier molecular flexibility index (Phi) is 7.77. The van der Waals surface area contributed by atoms with Gasteiger partial charge < -0.3 is 14.8 Å². The molecule has 0 aliphatic rings. The molecule has 0 bridgehead atoms. The molecule has 0 fully saturated rings. The average Bonchev–Trinajstić information content (AvgIpc) is 2.79. The number of hydrogen-bond donors (Lipinski definition) is 1. The third kappa shape index (κ3) is 6.04. The number of anilines is 1. The first-order chi connectivity index (χ1) is 15.4. The van der Waals surface area contributed by atoms with Gasteiger partial charge in [-0.1, -0.05) is 53.0 Å². The molecule has 3 rings (SSSR count). The zero-order chi connectivity index (χ0) is 23.1. The molecule has 0 atom stereocenters. The van der Waals surface area contributed by atoms with Gasteiger partial charge in [-0.25, -0.2) is 0 Å². The van der Waals surface area contributed by atoms with Crippen molar-refractivity contribution in [2.45, 2.75) is 13.5 Å². The lowest BCUT2D eigenvalue weighted by molar-refractivity contribution is -0.112. The highest BCUT2D eigenvalue weighted by Gasteiger charge is 2.13. The van der Waals surface area contributed by atoms with Gasteiger partial charge in [0.05, 0.1) is 17.2 Å². The van der Waals surface area contributed by atoms with Crippen LogP contribution in [0.1, 0.15) is 16.7 Å². The van der Waals surface area contributed by atoms with Crippen LogP contribution in [-0.2, 0) is 11.4 Å². The van der Waals surface area contributed by atoms with Gasteiger partial charge in [0.15, 0.2) is 0 Å². The van der Waals surface area contributed by atoms with Crippen LogP contribution in [0.5, 0.6) is 11.5 Å². The third-order valence-electron chi connectivity index (χ3n) is 4.58. The Morgan fingerprint density at radius 2 is 1.81 bits per heavy atom. The smallest absolute Gasteiger partial charge is 0.266 e. The molecule has 3 aromatic rings. The Balaban J connectivity index is 1.85. The molecule has 0 unspecified atom stereocenters. The number of nitriles is 1. The minimum Gasteiger partial charge on any atom is -0.497 e. The highest BCUT2D eigenvalue weighted by atomic mass is 35.5. The fourth-order valence-electron chi connectivity index (χ4n) is 2.81. The van der Waals surface area contributed by atoms with Gasteiger partial charge in [-0.15, -0.1) is 0 Å². The van der Waals surface area contributed by atoms with Crippen molar-refractivity contribution in [1.82, 2.24) is 0 Å². The lowest BCUT2D eigenvalue weighted by Gasteiger charge is -2.12. The summed E-state index contributed by atoms with van der Waals surface area (Å²) in [6.45, 7) is 2.34. The number of amides is 1. The van der Waals surface area contributed by atoms with E-state index in [0.29, 0.717) is 39.4 Å². The molecule has 0 heterocycles. The van der Waals surface area contributed by atoms with Crippen LogP contribution in [0.25, 0.3) is 6.08 Å². The Labute approximate surface area is 196 Å². The summed E-state index contributed by atoms with van der Waals surface area (Å²) in [5.74, 6) is 0.506. The van der Waals surface area contributed by atoms with Crippen molar-refractivity contribution in [2.75, 3.05) is 12.4 Å². The molecule has 5 nitrogen and oxygen atoms in total. The molecule has 3 aromatic carbocycles. The van der Waals surface area contributed by atoms with Crippen molar-refractivity contribution in [3.8, 4) is 17.6 Å². The van der Waals surface area contributed by atoms with E-state index in [0.717, 1.165) is 11.1 Å². The van der Waals surface area contributed by atoms with E-state index in [1.807, 2.05) is 37.3 Å². The van der Waals surface area contributed by atoms with Crippen molar-refractivity contribution >= 4 is 40.9 Å². The summed E-state index contributed by atoms with van der Waals surface area (Å²) in [6, 6.07) is 19.8. The molecule has 162 valence electrons. The minimum atomic E-state index is -0.578. The van der Waals surface area contributed by atoms with Crippen LogP contribution < -0.4 is 14.8 Å². The van der Waals surface area contributed by atoms with E-state index in [2.05, 4.69) is 5.32 Å². The van der Waals surface area contributed by atoms with Gasteiger partial charge in [0.2, 0.25) is 0 Å². The van der Waals surface area contributed by atoms with E-state index in [4.69, 9.17) is 32.7 Å². The van der Waals surface area contributed by atoms with Crippen LogP contribution in [0.3, 0.4) is 0 Å². The molecule has 7 heteroatoms. The molecule has 0 saturated carbocycles. The number of aryl methyl sites for hydroxylation is 1. The lowest BCUT2D eigenvalue weighted by atomic mass is 10.1. The first-order valence-electron chi connectivity index (χ1n) is 9.64. The highest BCUT2D eigenvalue weighted by Crippen LogP contribution is 2.29. The molecule has 0 saturated heterocycles. The van der Waals surface area contributed by atoms with Crippen molar-refractivity contribution in [3.05, 3.63) is 93.0 Å². The monoisotopic (exact) mass is 466 g/mol. The average molecular weight is 467 g/mol. The zero-order valence-electron chi connectivity index (χ0n) is 17.5. The number of benzene rings is 3. The summed E-state index contributed by atoms with van der Waals surface area (Å²) >= 11 is 11.9. The van der Waals surface area contributed by atoms with Crippen molar-refractivity contribution in [1.29, 1.82) is 5.26 Å². The van der Waals surface area contributed by atoms with Crippen LogP contribution >= 0.6 is 23.2 Å². The topological polar surface area (TPSA) is 71.3 Å². The van der Waals surface area contributed by atoms with Crippen molar-refractivity contribution in [3.63, 3.8) is 0 Å². The standard InChI is InChI=1S/C25H20Cl2N2O3/c1-16-3-5-17(6-4-16)15-32-24-13-21(31-2)9-7-18(24)11-19(14-28)25(30)29-20-8-10-22(26)23(27)12-20/h3-13H,15H2,1-2H3,(H,29,30)/b19-11+. The molecule has 1 N–H and O–H groups in total. The molecule has 0 aliphatic carbocycles. The molecule has 0 aromatic heterocycles. The zero-order valence-corrected chi connectivity index (χ0v) is 19.0. The maximum Gasteiger partial charge on any atom is 0.266 e. The summed E-state index contributed by atoms with van der Waals surface area (Å²) in [7, 11) is 1.56. The summed E-state index contributed by atoms with van der Waals surface area (Å²) in [5, 5.41) is 12.9. The Bertz CT molecular complexity index is 1200. The maximum atomic E-state index is 12.6. The van der Waals surface area contributed by atoms with E-state index in [1.54, 1.807) is 37.4 Å². The van der Waals surface area contributed by atoms with Gasteiger partial charge in [-0.05, 0) is 48.9 Å². The number of hydrogen-bond acceptors (Lipinski definition) is 4. The molecule has 0 radical (unpaired) electrons. The van der Waals surface area contributed by atoms with Gasteiger partial charge in [0, 0.05) is 17.3 Å². The largest absolute Gasteiger partial charge is 0.497 e. The van der Waals surface area contributed by atoms with Gasteiger partial charge in [0.1, 0.15) is 29.7 Å². The fraction of sp³-hybridized carbons (Fsp3) is 0.120. The summed E-state index contributed by atoms with van der Waals surface area (Å²) in [5.41, 5.74) is 3.05. The number of ether oxygens (including phenoxy) is 2. The van der Waals surface area contributed by atoms with E-state index >= 15 is 0 Å². The predicted octanol–water partition coefficient (Wildman–Crippen LogP) is 6.44. The summed E-state index contributed by atoms with van der Waals surface area (Å²) in [4.78, 5) is 12.6. The van der Waals surface area contributed by atoms with Crippen LogP contribution in [0.15, 0.2) is 66.2 Å². The van der Waals surface area contributed by atoms with Crippen molar-refractivity contribution in [2.24, 2.45) is 0 Å². The molecule has 32 heavy (non-hydrogen) atoms. The second kappa shape index (κ2) is 10.7. The van der Waals surface area contributed by atoms with E-state index < -0.39 is 5.91 Å². The molecule has 0 aliphatic heterocycles. The fourth-order valence-corrected chi connectivity index (χ4v) is 3.11. The van der Waals surface area contributed by atoms with Crippen LogP contribution in [0.2, 0.25) is 10.0 Å². The van der Waals surface area contributed by atoms with E-state index in [9.17, 15) is 10.1 Å². The van der Waals surface area contributed by atoms with Gasteiger partial charge in [0.25, 0.3) is 5.91 Å². The summed E-state index contributed by atoms with van der Waals surface area (Å²) in [6.07, 6.45) is 1.47. The Morgan fingerprint density at radius 1 is 1.06 bits per heavy atom. The van der Waals surface area contributed by atoms with Crippen LogP contribution in [0.4, 0.5) is 5.69 Å². The van der Waals surface area contributed by atoms with Gasteiger partial charge in [-0.3, -0.25) is 4.79 Å². The Morgan fingerprint density at radius 3 is 2.47 bits per heavy atom. The molecule has 1 amide bonds. The Hall–Kier alpha value is -3.46. The number of halogens is 2. The number of carbonyl (C=O) groups is 1. The molecule has 0 spiro atoms. The second-order valence-electron chi connectivity index (χ2n) is 6.93. The third-order valence-corrected chi connectivity index (χ3v) is 5.32. The first kappa shape index (κ1) is 23.2. The van der Waals surface area contributed by atoms with Gasteiger partial charge >= 0.3 is 0 Å². The van der Waals surface area contributed by atoms with Crippen LogP contribution in [0, 0.1) is 18.3 Å².